The molecule has 3 aromatic rings. The van der Waals surface area contributed by atoms with Crippen LogP contribution in [-0.4, -0.2) is 32.8 Å². The molecule has 8 heteroatoms. The molecule has 1 N–H and O–H groups in total. The van der Waals surface area contributed by atoms with E-state index in [0.29, 0.717) is 24.6 Å². The molecule has 4 rings (SSSR count). The lowest BCUT2D eigenvalue weighted by molar-refractivity contribution is -0.138. The minimum atomic E-state index is -4.37. The van der Waals surface area contributed by atoms with E-state index in [1.807, 2.05) is 23.1 Å². The Labute approximate surface area is 165 Å². The summed E-state index contributed by atoms with van der Waals surface area (Å²) in [5.41, 5.74) is 0.0327. The number of piperidine rings is 1. The number of hydrogen-bond acceptors (Lipinski definition) is 3. The van der Waals surface area contributed by atoms with Crippen molar-refractivity contribution in [3.05, 3.63) is 82.0 Å². The van der Waals surface area contributed by atoms with Crippen LogP contribution in [0.5, 0.6) is 0 Å². The van der Waals surface area contributed by atoms with Crippen LogP contribution in [-0.2, 0) is 12.7 Å². The highest BCUT2D eigenvalue weighted by atomic mass is 19.4. The third-order valence-corrected chi connectivity index (χ3v) is 5.24. The topological polar surface area (TPSA) is 53.9 Å². The highest BCUT2D eigenvalue weighted by Crippen LogP contribution is 2.33. The van der Waals surface area contributed by atoms with E-state index in [1.165, 1.54) is 16.8 Å². The summed E-state index contributed by atoms with van der Waals surface area (Å²) in [7, 11) is 0. The van der Waals surface area contributed by atoms with Crippen LogP contribution >= 0.6 is 0 Å². The fourth-order valence-electron chi connectivity index (χ4n) is 3.87. The van der Waals surface area contributed by atoms with Crippen LogP contribution in [0.4, 0.5) is 13.2 Å². The van der Waals surface area contributed by atoms with Crippen molar-refractivity contribution in [2.45, 2.75) is 31.5 Å². The largest absolute Gasteiger partial charge is 0.416 e. The van der Waals surface area contributed by atoms with Crippen LogP contribution in [0.15, 0.2) is 59.4 Å². The zero-order valence-corrected chi connectivity index (χ0v) is 15.7. The molecule has 0 bridgehead atoms. The second kappa shape index (κ2) is 7.87. The van der Waals surface area contributed by atoms with E-state index in [4.69, 9.17) is 0 Å². The smallest absolute Gasteiger partial charge is 0.298 e. The summed E-state index contributed by atoms with van der Waals surface area (Å²) in [5.74, 6) is 0.548. The van der Waals surface area contributed by atoms with Gasteiger partial charge in [0, 0.05) is 19.0 Å². The monoisotopic (exact) mass is 402 g/mol. The SMILES string of the molecule is O=c1[nH]c(C2CCCN(Cc3ccccc3C(F)(F)F)C2)nn1-c1ccccc1. The molecule has 0 radical (unpaired) electrons. The third kappa shape index (κ3) is 4.27. The second-order valence-corrected chi connectivity index (χ2v) is 7.29. The number of benzene rings is 2. The Balaban J connectivity index is 1.52. The number of halogens is 3. The fraction of sp³-hybridized carbons (Fsp3) is 0.333. The van der Waals surface area contributed by atoms with Gasteiger partial charge in [-0.1, -0.05) is 36.4 Å². The van der Waals surface area contributed by atoms with Crippen LogP contribution in [0.3, 0.4) is 0 Å². The first-order valence-electron chi connectivity index (χ1n) is 9.54. The van der Waals surface area contributed by atoms with E-state index < -0.39 is 11.7 Å². The maximum Gasteiger partial charge on any atom is 0.416 e. The van der Waals surface area contributed by atoms with E-state index in [2.05, 4.69) is 10.1 Å². The number of rotatable bonds is 4. The van der Waals surface area contributed by atoms with Crippen molar-refractivity contribution in [1.29, 1.82) is 0 Å². The maximum atomic E-state index is 13.3. The number of aromatic nitrogens is 3. The van der Waals surface area contributed by atoms with Crippen LogP contribution in [0, 0.1) is 0 Å². The summed E-state index contributed by atoms with van der Waals surface area (Å²) >= 11 is 0. The number of aromatic amines is 1. The lowest BCUT2D eigenvalue weighted by atomic mass is 9.96. The Hall–Kier alpha value is -2.87. The molecule has 0 spiro atoms. The molecule has 2 heterocycles. The molecule has 1 atom stereocenters. The van der Waals surface area contributed by atoms with E-state index in [-0.39, 0.29) is 23.7 Å². The van der Waals surface area contributed by atoms with Crippen LogP contribution < -0.4 is 5.69 Å². The summed E-state index contributed by atoms with van der Waals surface area (Å²) < 4.78 is 41.2. The van der Waals surface area contributed by atoms with Crippen molar-refractivity contribution >= 4 is 0 Å². The van der Waals surface area contributed by atoms with Crippen LogP contribution in [0.25, 0.3) is 5.69 Å². The summed E-state index contributed by atoms with van der Waals surface area (Å²) in [6.07, 6.45) is -2.70. The van der Waals surface area contributed by atoms with Crippen molar-refractivity contribution in [2.24, 2.45) is 0 Å². The summed E-state index contributed by atoms with van der Waals surface area (Å²) in [6, 6.07) is 14.8. The Bertz CT molecular complexity index is 1030. The Morgan fingerprint density at radius 2 is 1.79 bits per heavy atom. The van der Waals surface area contributed by atoms with Gasteiger partial charge in [0.2, 0.25) is 0 Å². The quantitative estimate of drug-likeness (QED) is 0.719. The average Bonchev–Trinajstić information content (AvgIpc) is 3.10. The highest BCUT2D eigenvalue weighted by molar-refractivity contribution is 5.30. The molecule has 29 heavy (non-hydrogen) atoms. The molecule has 1 aliphatic heterocycles. The van der Waals surface area contributed by atoms with Gasteiger partial charge in [-0.25, -0.2) is 4.79 Å². The molecule has 1 aromatic heterocycles. The van der Waals surface area contributed by atoms with Gasteiger partial charge in [0.05, 0.1) is 11.3 Å². The number of likely N-dealkylation sites (tertiary alicyclic amines) is 1. The first kappa shape index (κ1) is 19.4. The molecule has 0 amide bonds. The molecular formula is C21H21F3N4O. The van der Waals surface area contributed by atoms with E-state index in [0.717, 1.165) is 18.9 Å². The first-order chi connectivity index (χ1) is 13.9. The molecule has 1 unspecified atom stereocenters. The van der Waals surface area contributed by atoms with E-state index in [1.54, 1.807) is 18.2 Å². The van der Waals surface area contributed by atoms with Crippen LogP contribution in [0.1, 0.15) is 35.7 Å². The van der Waals surface area contributed by atoms with Gasteiger partial charge in [0.25, 0.3) is 0 Å². The number of nitrogens with zero attached hydrogens (tertiary/aromatic N) is 3. The van der Waals surface area contributed by atoms with Crippen molar-refractivity contribution in [1.82, 2.24) is 19.7 Å². The predicted octanol–water partition coefficient (Wildman–Crippen LogP) is 3.96. The van der Waals surface area contributed by atoms with Gasteiger partial charge in [0.15, 0.2) is 0 Å². The number of H-pyrrole nitrogens is 1. The van der Waals surface area contributed by atoms with Gasteiger partial charge in [-0.05, 0) is 43.1 Å². The number of alkyl halides is 3. The average molecular weight is 402 g/mol. The summed E-state index contributed by atoms with van der Waals surface area (Å²) in [4.78, 5) is 17.1. The minimum Gasteiger partial charge on any atom is -0.298 e. The Morgan fingerprint density at radius 1 is 1.07 bits per heavy atom. The maximum absolute atomic E-state index is 13.3. The van der Waals surface area contributed by atoms with Crippen molar-refractivity contribution < 1.29 is 13.2 Å². The van der Waals surface area contributed by atoms with Gasteiger partial charge in [-0.15, -0.1) is 5.10 Å². The summed E-state index contributed by atoms with van der Waals surface area (Å²) in [5, 5.41) is 4.44. The molecular weight excluding hydrogens is 381 g/mol. The first-order valence-corrected chi connectivity index (χ1v) is 9.54. The van der Waals surface area contributed by atoms with Gasteiger partial charge in [-0.3, -0.25) is 9.88 Å². The molecule has 152 valence electrons. The third-order valence-electron chi connectivity index (χ3n) is 5.24. The van der Waals surface area contributed by atoms with Crippen molar-refractivity contribution in [3.8, 4) is 5.69 Å². The lowest BCUT2D eigenvalue weighted by Crippen LogP contribution is -2.35. The number of hydrogen-bond donors (Lipinski definition) is 1. The van der Waals surface area contributed by atoms with Gasteiger partial charge < -0.3 is 0 Å². The fourth-order valence-corrected chi connectivity index (χ4v) is 3.87. The van der Waals surface area contributed by atoms with Gasteiger partial charge in [-0.2, -0.15) is 17.9 Å². The molecule has 1 aliphatic rings. The zero-order chi connectivity index (χ0) is 20.4. The highest BCUT2D eigenvalue weighted by Gasteiger charge is 2.34. The van der Waals surface area contributed by atoms with Gasteiger partial charge >= 0.3 is 11.9 Å². The minimum absolute atomic E-state index is 0.0283. The standard InChI is InChI=1S/C21H21F3N4O/c22-21(23,24)18-11-5-4-7-15(18)13-27-12-6-8-16(14-27)19-25-20(29)28(26-19)17-9-2-1-3-10-17/h1-5,7,9-11,16H,6,8,12-14H2,(H,25,26,29). The molecule has 1 saturated heterocycles. The molecule has 2 aromatic carbocycles. The number of para-hydroxylation sites is 1. The zero-order valence-electron chi connectivity index (χ0n) is 15.7. The molecule has 5 nitrogen and oxygen atoms in total. The predicted molar refractivity (Wildman–Crippen MR) is 103 cm³/mol. The normalized spacial score (nSPS) is 18.1. The van der Waals surface area contributed by atoms with Crippen LogP contribution in [0.2, 0.25) is 0 Å². The van der Waals surface area contributed by atoms with E-state index in [9.17, 15) is 18.0 Å². The summed E-state index contributed by atoms with van der Waals surface area (Å²) in [6.45, 7) is 1.48. The Kier molecular flexibility index (Phi) is 5.27. The molecule has 1 fully saturated rings. The van der Waals surface area contributed by atoms with Crippen molar-refractivity contribution in [3.63, 3.8) is 0 Å². The molecule has 0 saturated carbocycles. The molecule has 0 aliphatic carbocycles. The van der Waals surface area contributed by atoms with Gasteiger partial charge in [0.1, 0.15) is 5.82 Å². The van der Waals surface area contributed by atoms with E-state index >= 15 is 0 Å². The Morgan fingerprint density at radius 3 is 2.55 bits per heavy atom. The number of nitrogens with one attached hydrogen (secondary N) is 1. The van der Waals surface area contributed by atoms with Crippen molar-refractivity contribution in [2.75, 3.05) is 13.1 Å². The second-order valence-electron chi connectivity index (χ2n) is 7.29. The lowest BCUT2D eigenvalue weighted by Gasteiger charge is -2.32.